The summed E-state index contributed by atoms with van der Waals surface area (Å²) in [6, 6.07) is 2.16. The van der Waals surface area contributed by atoms with Crippen molar-refractivity contribution in [3.8, 4) is 0 Å². The van der Waals surface area contributed by atoms with Crippen molar-refractivity contribution < 1.29 is 0 Å². The molecule has 1 aromatic rings. The first-order chi connectivity index (χ1) is 6.27. The molecule has 0 aromatic carbocycles. The van der Waals surface area contributed by atoms with E-state index in [0.717, 1.165) is 25.2 Å². The predicted octanol–water partition coefficient (Wildman–Crippen LogP) is 2.58. The maximum atomic E-state index is 5.64. The standard InChI is InChI=1S/C10H16N2S/c1-3-8-5-6-13-9(8)7-12-10(11)4-2/h5-6H,3-4,7H2,1-2H3,(H2,11,12). The van der Waals surface area contributed by atoms with Gasteiger partial charge < -0.3 is 5.73 Å². The topological polar surface area (TPSA) is 38.4 Å². The van der Waals surface area contributed by atoms with Crippen LogP contribution in [0.5, 0.6) is 0 Å². The van der Waals surface area contributed by atoms with Crippen LogP contribution in [0.3, 0.4) is 0 Å². The van der Waals surface area contributed by atoms with E-state index in [0.29, 0.717) is 0 Å². The predicted molar refractivity (Wildman–Crippen MR) is 59.3 cm³/mol. The maximum absolute atomic E-state index is 5.64. The minimum Gasteiger partial charge on any atom is -0.387 e. The third-order valence-corrected chi connectivity index (χ3v) is 2.95. The van der Waals surface area contributed by atoms with Crippen molar-refractivity contribution in [2.75, 3.05) is 0 Å². The largest absolute Gasteiger partial charge is 0.387 e. The summed E-state index contributed by atoms with van der Waals surface area (Å²) >= 11 is 1.76. The Hall–Kier alpha value is -0.830. The van der Waals surface area contributed by atoms with Gasteiger partial charge in [-0.05, 0) is 23.4 Å². The summed E-state index contributed by atoms with van der Waals surface area (Å²) in [6.07, 6.45) is 1.92. The van der Waals surface area contributed by atoms with Crippen molar-refractivity contribution in [3.63, 3.8) is 0 Å². The lowest BCUT2D eigenvalue weighted by molar-refractivity contribution is 1.02. The van der Waals surface area contributed by atoms with Crippen molar-refractivity contribution in [2.45, 2.75) is 33.2 Å². The molecule has 1 rings (SSSR count). The van der Waals surface area contributed by atoms with Crippen molar-refractivity contribution in [1.29, 1.82) is 0 Å². The number of nitrogens with zero attached hydrogens (tertiary/aromatic N) is 1. The van der Waals surface area contributed by atoms with Crippen molar-refractivity contribution in [3.05, 3.63) is 21.9 Å². The second-order valence-corrected chi connectivity index (χ2v) is 3.88. The fourth-order valence-corrected chi connectivity index (χ4v) is 2.01. The second-order valence-electron chi connectivity index (χ2n) is 2.88. The number of amidine groups is 1. The molecule has 0 unspecified atom stereocenters. The molecule has 2 N–H and O–H groups in total. The molecule has 1 heterocycles. The van der Waals surface area contributed by atoms with Crippen LogP contribution in [-0.2, 0) is 13.0 Å². The Morgan fingerprint density at radius 2 is 2.31 bits per heavy atom. The minimum atomic E-state index is 0.746. The van der Waals surface area contributed by atoms with Crippen LogP contribution in [-0.4, -0.2) is 5.84 Å². The molecular formula is C10H16N2S. The van der Waals surface area contributed by atoms with Gasteiger partial charge in [-0.2, -0.15) is 0 Å². The van der Waals surface area contributed by atoms with E-state index in [1.165, 1.54) is 10.4 Å². The van der Waals surface area contributed by atoms with Crippen LogP contribution >= 0.6 is 11.3 Å². The molecule has 0 bridgehead atoms. The molecule has 0 aliphatic rings. The first-order valence-electron chi connectivity index (χ1n) is 4.62. The van der Waals surface area contributed by atoms with E-state index >= 15 is 0 Å². The summed E-state index contributed by atoms with van der Waals surface area (Å²) in [7, 11) is 0. The SMILES string of the molecule is CCC(N)=NCc1sccc1CC. The van der Waals surface area contributed by atoms with Gasteiger partial charge in [0.2, 0.25) is 0 Å². The summed E-state index contributed by atoms with van der Waals surface area (Å²) < 4.78 is 0. The van der Waals surface area contributed by atoms with E-state index in [9.17, 15) is 0 Å². The van der Waals surface area contributed by atoms with Gasteiger partial charge in [0, 0.05) is 11.3 Å². The van der Waals surface area contributed by atoms with E-state index < -0.39 is 0 Å². The normalized spacial score (nSPS) is 12.0. The van der Waals surface area contributed by atoms with Crippen LogP contribution in [0.2, 0.25) is 0 Å². The average molecular weight is 196 g/mol. The molecular weight excluding hydrogens is 180 g/mol. The number of nitrogens with two attached hydrogens (primary N) is 1. The van der Waals surface area contributed by atoms with Crippen LogP contribution in [0.1, 0.15) is 30.7 Å². The Balaban J connectivity index is 2.63. The van der Waals surface area contributed by atoms with Gasteiger partial charge in [-0.25, -0.2) is 0 Å². The molecule has 0 spiro atoms. The molecule has 1 aromatic heterocycles. The molecule has 3 heteroatoms. The van der Waals surface area contributed by atoms with Crippen molar-refractivity contribution >= 4 is 17.2 Å². The lowest BCUT2D eigenvalue weighted by atomic mass is 10.2. The third-order valence-electron chi connectivity index (χ3n) is 2.01. The van der Waals surface area contributed by atoms with Crippen LogP contribution in [0.4, 0.5) is 0 Å². The summed E-state index contributed by atoms with van der Waals surface area (Å²) in [5.41, 5.74) is 7.04. The van der Waals surface area contributed by atoms with Crippen LogP contribution in [0, 0.1) is 0 Å². The Morgan fingerprint density at radius 1 is 1.54 bits per heavy atom. The minimum absolute atomic E-state index is 0.746. The zero-order chi connectivity index (χ0) is 9.68. The second kappa shape index (κ2) is 5.02. The number of aliphatic imine (C=N–C) groups is 1. The van der Waals surface area contributed by atoms with E-state index in [1.807, 2.05) is 6.92 Å². The van der Waals surface area contributed by atoms with Gasteiger partial charge in [0.15, 0.2) is 0 Å². The fourth-order valence-electron chi connectivity index (χ4n) is 1.11. The van der Waals surface area contributed by atoms with Crippen LogP contribution < -0.4 is 5.73 Å². The van der Waals surface area contributed by atoms with Crippen LogP contribution in [0.25, 0.3) is 0 Å². The van der Waals surface area contributed by atoms with E-state index in [2.05, 4.69) is 23.4 Å². The van der Waals surface area contributed by atoms with Crippen LogP contribution in [0.15, 0.2) is 16.4 Å². The van der Waals surface area contributed by atoms with Gasteiger partial charge in [-0.1, -0.05) is 13.8 Å². The highest BCUT2D eigenvalue weighted by molar-refractivity contribution is 7.10. The van der Waals surface area contributed by atoms with Crippen molar-refractivity contribution in [1.82, 2.24) is 0 Å². The molecule has 13 heavy (non-hydrogen) atoms. The van der Waals surface area contributed by atoms with E-state index in [4.69, 9.17) is 5.73 Å². The Bertz CT molecular complexity index is 289. The van der Waals surface area contributed by atoms with Gasteiger partial charge in [0.25, 0.3) is 0 Å². The smallest absolute Gasteiger partial charge is 0.0938 e. The highest BCUT2D eigenvalue weighted by Gasteiger charge is 2.00. The highest BCUT2D eigenvalue weighted by atomic mass is 32.1. The van der Waals surface area contributed by atoms with Crippen molar-refractivity contribution in [2.24, 2.45) is 10.7 Å². The summed E-state index contributed by atoms with van der Waals surface area (Å²) in [4.78, 5) is 5.64. The van der Waals surface area contributed by atoms with Gasteiger partial charge >= 0.3 is 0 Å². The van der Waals surface area contributed by atoms with Gasteiger partial charge in [0.1, 0.15) is 0 Å². The molecule has 0 amide bonds. The molecule has 2 nitrogen and oxygen atoms in total. The van der Waals surface area contributed by atoms with Gasteiger partial charge in [0.05, 0.1) is 12.4 Å². The van der Waals surface area contributed by atoms with E-state index in [-0.39, 0.29) is 0 Å². The monoisotopic (exact) mass is 196 g/mol. The summed E-state index contributed by atoms with van der Waals surface area (Å²) in [6.45, 7) is 4.94. The number of rotatable bonds is 4. The van der Waals surface area contributed by atoms with Gasteiger partial charge in [-0.3, -0.25) is 4.99 Å². The first kappa shape index (κ1) is 10.3. The molecule has 0 fully saturated rings. The molecule has 0 saturated heterocycles. The fraction of sp³-hybridized carbons (Fsp3) is 0.500. The average Bonchev–Trinajstić information content (AvgIpc) is 2.61. The lowest BCUT2D eigenvalue weighted by Gasteiger charge is -1.98. The Labute approximate surface area is 83.5 Å². The quantitative estimate of drug-likeness (QED) is 0.583. The Kier molecular flexibility index (Phi) is 3.96. The summed E-state index contributed by atoms with van der Waals surface area (Å²) in [5.74, 6) is 0.746. The van der Waals surface area contributed by atoms with E-state index in [1.54, 1.807) is 11.3 Å². The molecule has 0 saturated carbocycles. The molecule has 0 atom stereocenters. The first-order valence-corrected chi connectivity index (χ1v) is 5.49. The molecule has 0 aliphatic heterocycles. The number of hydrogen-bond donors (Lipinski definition) is 1. The van der Waals surface area contributed by atoms with Gasteiger partial charge in [-0.15, -0.1) is 11.3 Å². The molecule has 0 radical (unpaired) electrons. The molecule has 72 valence electrons. The molecule has 0 aliphatic carbocycles. The Morgan fingerprint density at radius 3 is 2.92 bits per heavy atom. The maximum Gasteiger partial charge on any atom is 0.0938 e. The highest BCUT2D eigenvalue weighted by Crippen LogP contribution is 2.18. The number of aryl methyl sites for hydroxylation is 1. The summed E-state index contributed by atoms with van der Waals surface area (Å²) in [5, 5.41) is 2.12. The zero-order valence-electron chi connectivity index (χ0n) is 8.21. The third kappa shape index (κ3) is 2.84. The zero-order valence-corrected chi connectivity index (χ0v) is 9.03. The number of thiophene rings is 1. The number of hydrogen-bond acceptors (Lipinski definition) is 2. The lowest BCUT2D eigenvalue weighted by Crippen LogP contribution is -2.09.